The zero-order chi connectivity index (χ0) is 20.3. The number of methoxy groups -OCH3 is 1. The minimum absolute atomic E-state index is 0.159. The Bertz CT molecular complexity index is 592. The molecule has 0 spiro atoms. The molecule has 1 unspecified atom stereocenters. The van der Waals surface area contributed by atoms with Crippen LogP contribution in [0.5, 0.6) is 0 Å². The van der Waals surface area contributed by atoms with E-state index in [1.165, 1.54) is 0 Å². The molecule has 0 bridgehead atoms. The van der Waals surface area contributed by atoms with Crippen LogP contribution in [0.4, 0.5) is 4.79 Å². The minimum Gasteiger partial charge on any atom is -0.431 e. The number of ether oxygens (including phenoxy) is 3. The van der Waals surface area contributed by atoms with Crippen LogP contribution in [0.2, 0.25) is 0 Å². The van der Waals surface area contributed by atoms with Crippen molar-refractivity contribution in [2.45, 2.75) is 64.9 Å². The SMILES string of the molecule is CCN(C(=O)OC(C#N)CC[C@@H](COCc1ccccc1)OC)C(C)(C)C. The van der Waals surface area contributed by atoms with E-state index in [0.29, 0.717) is 32.6 Å². The Morgan fingerprint density at radius 3 is 2.41 bits per heavy atom. The fourth-order valence-electron chi connectivity index (χ4n) is 2.70. The largest absolute Gasteiger partial charge is 0.431 e. The average molecular weight is 376 g/mol. The maximum atomic E-state index is 12.3. The molecule has 0 aromatic heterocycles. The Labute approximate surface area is 163 Å². The lowest BCUT2D eigenvalue weighted by molar-refractivity contribution is -0.00934. The van der Waals surface area contributed by atoms with E-state index in [1.54, 1.807) is 12.0 Å². The number of carbonyl (C=O) groups is 1. The summed E-state index contributed by atoms with van der Waals surface area (Å²) < 4.78 is 16.5. The van der Waals surface area contributed by atoms with Gasteiger partial charge in [0.2, 0.25) is 0 Å². The summed E-state index contributed by atoms with van der Waals surface area (Å²) >= 11 is 0. The second-order valence-electron chi connectivity index (χ2n) is 7.35. The molecular formula is C21H32N2O4. The van der Waals surface area contributed by atoms with Crippen LogP contribution < -0.4 is 0 Å². The van der Waals surface area contributed by atoms with Gasteiger partial charge in [-0.25, -0.2) is 4.79 Å². The molecule has 0 radical (unpaired) electrons. The van der Waals surface area contributed by atoms with Gasteiger partial charge in [0.1, 0.15) is 6.07 Å². The van der Waals surface area contributed by atoms with Crippen molar-refractivity contribution in [2.24, 2.45) is 0 Å². The van der Waals surface area contributed by atoms with E-state index in [2.05, 4.69) is 6.07 Å². The highest BCUT2D eigenvalue weighted by molar-refractivity contribution is 5.69. The van der Waals surface area contributed by atoms with E-state index in [0.717, 1.165) is 5.56 Å². The first-order chi connectivity index (χ1) is 12.8. The van der Waals surface area contributed by atoms with Gasteiger partial charge in [-0.3, -0.25) is 0 Å². The molecule has 150 valence electrons. The molecule has 0 fully saturated rings. The highest BCUT2D eigenvalue weighted by atomic mass is 16.6. The normalized spacial score (nSPS) is 13.5. The van der Waals surface area contributed by atoms with Crippen molar-refractivity contribution < 1.29 is 19.0 Å². The van der Waals surface area contributed by atoms with Gasteiger partial charge in [0, 0.05) is 25.6 Å². The molecule has 1 aromatic carbocycles. The van der Waals surface area contributed by atoms with Crippen LogP contribution in [0.25, 0.3) is 0 Å². The van der Waals surface area contributed by atoms with Gasteiger partial charge in [-0.05, 0) is 39.7 Å². The molecule has 0 saturated heterocycles. The molecule has 6 heteroatoms. The molecule has 2 atom stereocenters. The van der Waals surface area contributed by atoms with E-state index >= 15 is 0 Å². The van der Waals surface area contributed by atoms with Gasteiger partial charge in [-0.2, -0.15) is 5.26 Å². The number of amides is 1. The van der Waals surface area contributed by atoms with E-state index in [-0.39, 0.29) is 11.6 Å². The molecule has 6 nitrogen and oxygen atoms in total. The van der Waals surface area contributed by atoms with Crippen molar-refractivity contribution in [1.82, 2.24) is 4.90 Å². The summed E-state index contributed by atoms with van der Waals surface area (Å²) in [5, 5.41) is 9.32. The summed E-state index contributed by atoms with van der Waals surface area (Å²) in [5.74, 6) is 0. The van der Waals surface area contributed by atoms with Gasteiger partial charge in [0.05, 0.1) is 19.3 Å². The predicted molar refractivity (Wildman–Crippen MR) is 104 cm³/mol. The molecule has 1 aromatic rings. The number of carbonyl (C=O) groups excluding carboxylic acids is 1. The summed E-state index contributed by atoms with van der Waals surface area (Å²) in [7, 11) is 1.61. The fraction of sp³-hybridized carbons (Fsp3) is 0.619. The molecule has 0 N–H and O–H groups in total. The zero-order valence-electron chi connectivity index (χ0n) is 17.1. The number of benzene rings is 1. The van der Waals surface area contributed by atoms with Crippen molar-refractivity contribution in [3.8, 4) is 6.07 Å². The van der Waals surface area contributed by atoms with Gasteiger partial charge < -0.3 is 19.1 Å². The van der Waals surface area contributed by atoms with Crippen molar-refractivity contribution >= 4 is 6.09 Å². The molecule has 0 heterocycles. The van der Waals surface area contributed by atoms with Crippen molar-refractivity contribution in [1.29, 1.82) is 5.26 Å². The predicted octanol–water partition coefficient (Wildman–Crippen LogP) is 4.15. The van der Waals surface area contributed by atoms with Crippen molar-refractivity contribution in [2.75, 3.05) is 20.3 Å². The van der Waals surface area contributed by atoms with E-state index in [1.807, 2.05) is 58.0 Å². The molecule has 1 rings (SSSR count). The molecule has 27 heavy (non-hydrogen) atoms. The van der Waals surface area contributed by atoms with Gasteiger partial charge >= 0.3 is 6.09 Å². The Kier molecular flexibility index (Phi) is 9.84. The first-order valence-electron chi connectivity index (χ1n) is 9.34. The smallest absolute Gasteiger partial charge is 0.411 e. The number of nitrogens with zero attached hydrogens (tertiary/aromatic N) is 2. The van der Waals surface area contributed by atoms with E-state index in [9.17, 15) is 10.1 Å². The van der Waals surface area contributed by atoms with Crippen LogP contribution >= 0.6 is 0 Å². The fourth-order valence-corrected chi connectivity index (χ4v) is 2.70. The second-order valence-corrected chi connectivity index (χ2v) is 7.35. The standard InChI is InChI=1S/C21H32N2O4/c1-6-23(21(2,3)4)20(24)27-18(14-22)12-13-19(25-5)16-26-15-17-10-8-7-9-11-17/h7-11,18-19H,6,12-13,15-16H2,1-5H3/t18?,19-/m0/s1. The summed E-state index contributed by atoms with van der Waals surface area (Å²) in [6.45, 7) is 9.14. The van der Waals surface area contributed by atoms with Crippen LogP contribution in [0.3, 0.4) is 0 Å². The lowest BCUT2D eigenvalue weighted by Gasteiger charge is -2.34. The van der Waals surface area contributed by atoms with Gasteiger partial charge in [-0.15, -0.1) is 0 Å². The van der Waals surface area contributed by atoms with E-state index < -0.39 is 12.2 Å². The van der Waals surface area contributed by atoms with Crippen molar-refractivity contribution in [3.63, 3.8) is 0 Å². The average Bonchev–Trinajstić information content (AvgIpc) is 2.63. The third-order valence-corrected chi connectivity index (χ3v) is 4.23. The molecule has 0 aliphatic heterocycles. The van der Waals surface area contributed by atoms with Crippen LogP contribution in [0.1, 0.15) is 46.1 Å². The summed E-state index contributed by atoms with van der Waals surface area (Å²) in [5.41, 5.74) is 0.740. The van der Waals surface area contributed by atoms with Crippen LogP contribution in [0.15, 0.2) is 30.3 Å². The monoisotopic (exact) mass is 376 g/mol. The molecule has 0 aliphatic rings. The number of hydrogen-bond donors (Lipinski definition) is 0. The first kappa shape index (κ1) is 22.9. The summed E-state index contributed by atoms with van der Waals surface area (Å²) in [6, 6.07) is 12.0. The third-order valence-electron chi connectivity index (χ3n) is 4.23. The Morgan fingerprint density at radius 1 is 1.22 bits per heavy atom. The molecule has 1 amide bonds. The molecule has 0 saturated carbocycles. The number of rotatable bonds is 10. The van der Waals surface area contributed by atoms with Gasteiger partial charge in [-0.1, -0.05) is 30.3 Å². The minimum atomic E-state index is -0.805. The second kappa shape index (κ2) is 11.6. The molecule has 0 aliphatic carbocycles. The molecular weight excluding hydrogens is 344 g/mol. The maximum Gasteiger partial charge on any atom is 0.411 e. The van der Waals surface area contributed by atoms with Crippen molar-refractivity contribution in [3.05, 3.63) is 35.9 Å². The maximum absolute atomic E-state index is 12.3. The van der Waals surface area contributed by atoms with Crippen LogP contribution in [-0.4, -0.2) is 49.0 Å². The number of hydrogen-bond acceptors (Lipinski definition) is 5. The van der Waals surface area contributed by atoms with E-state index in [4.69, 9.17) is 14.2 Å². The van der Waals surface area contributed by atoms with Crippen LogP contribution in [0, 0.1) is 11.3 Å². The quantitative estimate of drug-likeness (QED) is 0.613. The highest BCUT2D eigenvalue weighted by Gasteiger charge is 2.28. The highest BCUT2D eigenvalue weighted by Crippen LogP contribution is 2.16. The van der Waals surface area contributed by atoms with Gasteiger partial charge in [0.15, 0.2) is 6.10 Å². The Hall–Kier alpha value is -2.10. The first-order valence-corrected chi connectivity index (χ1v) is 9.34. The summed E-state index contributed by atoms with van der Waals surface area (Å²) in [4.78, 5) is 13.9. The number of nitriles is 1. The van der Waals surface area contributed by atoms with Gasteiger partial charge in [0.25, 0.3) is 0 Å². The zero-order valence-corrected chi connectivity index (χ0v) is 17.1. The Balaban J connectivity index is 2.44. The Morgan fingerprint density at radius 2 is 1.89 bits per heavy atom. The van der Waals surface area contributed by atoms with Crippen LogP contribution in [-0.2, 0) is 20.8 Å². The lowest BCUT2D eigenvalue weighted by atomic mass is 10.1. The lowest BCUT2D eigenvalue weighted by Crippen LogP contribution is -2.46. The topological polar surface area (TPSA) is 71.8 Å². The summed E-state index contributed by atoms with van der Waals surface area (Å²) in [6.07, 6.45) is -0.463. The third kappa shape index (κ3) is 8.42.